The number of carbonyl (C=O) groups excluding carboxylic acids is 2. The van der Waals surface area contributed by atoms with Crippen LogP contribution in [0.2, 0.25) is 0 Å². The van der Waals surface area contributed by atoms with E-state index in [2.05, 4.69) is 20.8 Å². The third kappa shape index (κ3) is 2.24. The predicted octanol–water partition coefficient (Wildman–Crippen LogP) is 1.23. The minimum absolute atomic E-state index is 0.120. The predicted molar refractivity (Wildman–Crippen MR) is 69.7 cm³/mol. The van der Waals surface area contributed by atoms with Crippen molar-refractivity contribution in [1.29, 1.82) is 0 Å². The zero-order chi connectivity index (χ0) is 13.9. The van der Waals surface area contributed by atoms with E-state index >= 15 is 0 Å². The maximum Gasteiger partial charge on any atom is 0.305 e. The summed E-state index contributed by atoms with van der Waals surface area (Å²) < 4.78 is 4.90. The molecule has 2 aromatic heterocycles. The molecule has 3 N–H and O–H groups in total. The van der Waals surface area contributed by atoms with Gasteiger partial charge in [-0.25, -0.2) is 4.98 Å². The third-order valence-corrected chi connectivity index (χ3v) is 2.72. The summed E-state index contributed by atoms with van der Waals surface area (Å²) in [5.74, 6) is -0.832. The van der Waals surface area contributed by atoms with Crippen molar-refractivity contribution < 1.29 is 14.0 Å². The van der Waals surface area contributed by atoms with Gasteiger partial charge in [-0.1, -0.05) is 0 Å². The molecule has 20 heavy (non-hydrogen) atoms. The molecule has 0 fully saturated rings. The SMILES string of the molecule is O=C(NNC(=O)c1ccco1)c1ccc2nc[nH]c2c1. The average Bonchev–Trinajstić information content (AvgIpc) is 3.13. The standard InChI is InChI=1S/C13H10N4O3/c18-12(16-17-13(19)11-2-1-5-20-11)8-3-4-9-10(6-8)15-7-14-9/h1-7H,(H,14,15)(H,16,18)(H,17,19). The van der Waals surface area contributed by atoms with Crippen molar-refractivity contribution in [1.82, 2.24) is 20.8 Å². The van der Waals surface area contributed by atoms with E-state index in [1.165, 1.54) is 12.3 Å². The molecule has 1 aromatic carbocycles. The average molecular weight is 270 g/mol. The van der Waals surface area contributed by atoms with Crippen LogP contribution < -0.4 is 10.9 Å². The molecule has 2 heterocycles. The van der Waals surface area contributed by atoms with Gasteiger partial charge in [0, 0.05) is 5.56 Å². The lowest BCUT2D eigenvalue weighted by Crippen LogP contribution is -2.41. The zero-order valence-electron chi connectivity index (χ0n) is 10.2. The van der Waals surface area contributed by atoms with Gasteiger partial charge < -0.3 is 9.40 Å². The van der Waals surface area contributed by atoms with Gasteiger partial charge >= 0.3 is 5.91 Å². The summed E-state index contributed by atoms with van der Waals surface area (Å²) in [5, 5.41) is 0. The highest BCUT2D eigenvalue weighted by Gasteiger charge is 2.11. The number of hydrogen-bond donors (Lipinski definition) is 3. The highest BCUT2D eigenvalue weighted by Crippen LogP contribution is 2.11. The molecule has 0 unspecified atom stereocenters. The summed E-state index contributed by atoms with van der Waals surface area (Å²) in [6.45, 7) is 0. The Bertz CT molecular complexity index is 761. The van der Waals surface area contributed by atoms with E-state index in [0.717, 1.165) is 11.0 Å². The number of imidazole rings is 1. The van der Waals surface area contributed by atoms with Crippen molar-refractivity contribution in [3.05, 3.63) is 54.2 Å². The second-order valence-electron chi connectivity index (χ2n) is 4.02. The number of nitrogens with zero attached hydrogens (tertiary/aromatic N) is 1. The number of aromatic amines is 1. The summed E-state index contributed by atoms with van der Waals surface area (Å²) in [6, 6.07) is 8.07. The van der Waals surface area contributed by atoms with Gasteiger partial charge in [-0.05, 0) is 30.3 Å². The van der Waals surface area contributed by atoms with Crippen molar-refractivity contribution in [2.45, 2.75) is 0 Å². The second kappa shape index (κ2) is 4.88. The van der Waals surface area contributed by atoms with E-state index in [1.54, 1.807) is 30.6 Å². The molecule has 7 heteroatoms. The van der Waals surface area contributed by atoms with Crippen molar-refractivity contribution in [3.8, 4) is 0 Å². The van der Waals surface area contributed by atoms with Gasteiger partial charge in [0.25, 0.3) is 5.91 Å². The summed E-state index contributed by atoms with van der Waals surface area (Å²) in [7, 11) is 0. The molecule has 0 atom stereocenters. The number of rotatable bonds is 2. The van der Waals surface area contributed by atoms with E-state index in [0.29, 0.717) is 5.56 Å². The zero-order valence-corrected chi connectivity index (χ0v) is 10.2. The molecule has 2 amide bonds. The third-order valence-electron chi connectivity index (χ3n) is 2.72. The van der Waals surface area contributed by atoms with Crippen LogP contribution >= 0.6 is 0 Å². The molecule has 3 aromatic rings. The van der Waals surface area contributed by atoms with Gasteiger partial charge in [0.1, 0.15) is 0 Å². The Morgan fingerprint density at radius 3 is 2.80 bits per heavy atom. The number of nitrogens with one attached hydrogen (secondary N) is 3. The molecular weight excluding hydrogens is 260 g/mol. The molecule has 100 valence electrons. The first-order valence-corrected chi connectivity index (χ1v) is 5.81. The topological polar surface area (TPSA) is 100 Å². The summed E-state index contributed by atoms with van der Waals surface area (Å²) in [4.78, 5) is 30.4. The summed E-state index contributed by atoms with van der Waals surface area (Å²) in [5.41, 5.74) is 6.49. The van der Waals surface area contributed by atoms with E-state index in [-0.39, 0.29) is 5.76 Å². The lowest BCUT2D eigenvalue weighted by Gasteiger charge is -2.05. The van der Waals surface area contributed by atoms with E-state index in [4.69, 9.17) is 4.42 Å². The van der Waals surface area contributed by atoms with Gasteiger partial charge in [0.05, 0.1) is 23.6 Å². The minimum atomic E-state index is -0.522. The number of H-pyrrole nitrogens is 1. The molecule has 3 rings (SSSR count). The van der Waals surface area contributed by atoms with Gasteiger partial charge in [0.2, 0.25) is 0 Å². The fourth-order valence-corrected chi connectivity index (χ4v) is 1.73. The highest BCUT2D eigenvalue weighted by atomic mass is 16.3. The lowest BCUT2D eigenvalue weighted by atomic mass is 10.2. The largest absolute Gasteiger partial charge is 0.459 e. The summed E-state index contributed by atoms with van der Waals surface area (Å²) >= 11 is 0. The Labute approximate surface area is 113 Å². The molecule has 0 radical (unpaired) electrons. The first kappa shape index (κ1) is 12.0. The molecule has 0 spiro atoms. The van der Waals surface area contributed by atoms with Gasteiger partial charge in [-0.15, -0.1) is 0 Å². The van der Waals surface area contributed by atoms with Crippen LogP contribution in [0, 0.1) is 0 Å². The normalized spacial score (nSPS) is 10.4. The first-order valence-electron chi connectivity index (χ1n) is 5.81. The van der Waals surface area contributed by atoms with E-state index in [9.17, 15) is 9.59 Å². The molecule has 0 aliphatic heterocycles. The maximum atomic E-state index is 11.9. The molecule has 0 saturated heterocycles. The molecular formula is C13H10N4O3. The Balaban J connectivity index is 1.68. The number of hydrogen-bond acceptors (Lipinski definition) is 4. The van der Waals surface area contributed by atoms with Gasteiger partial charge in [-0.3, -0.25) is 20.4 Å². The quantitative estimate of drug-likeness (QED) is 0.610. The molecule has 0 saturated carbocycles. The first-order chi connectivity index (χ1) is 9.74. The van der Waals surface area contributed by atoms with Crippen LogP contribution in [0.5, 0.6) is 0 Å². The van der Waals surface area contributed by atoms with Crippen molar-refractivity contribution in [3.63, 3.8) is 0 Å². The van der Waals surface area contributed by atoms with Crippen LogP contribution in [-0.4, -0.2) is 21.8 Å². The molecule has 0 bridgehead atoms. The summed E-state index contributed by atoms with van der Waals surface area (Å²) in [6.07, 6.45) is 2.92. The Morgan fingerprint density at radius 2 is 2.00 bits per heavy atom. The number of carbonyl (C=O) groups is 2. The number of furan rings is 1. The molecule has 0 aliphatic rings. The Kier molecular flexibility index (Phi) is 2.92. The fourth-order valence-electron chi connectivity index (χ4n) is 1.73. The Hall–Kier alpha value is -3.09. The van der Waals surface area contributed by atoms with Gasteiger partial charge in [0.15, 0.2) is 5.76 Å². The highest BCUT2D eigenvalue weighted by molar-refractivity contribution is 5.99. The van der Waals surface area contributed by atoms with Crippen LogP contribution in [0.4, 0.5) is 0 Å². The smallest absolute Gasteiger partial charge is 0.305 e. The number of fused-ring (bicyclic) bond motifs is 1. The van der Waals surface area contributed by atoms with Crippen LogP contribution in [-0.2, 0) is 0 Å². The number of benzene rings is 1. The van der Waals surface area contributed by atoms with Crippen LogP contribution in [0.25, 0.3) is 11.0 Å². The van der Waals surface area contributed by atoms with Crippen molar-refractivity contribution in [2.75, 3.05) is 0 Å². The van der Waals surface area contributed by atoms with E-state index < -0.39 is 11.8 Å². The number of amides is 2. The van der Waals surface area contributed by atoms with Crippen LogP contribution in [0.3, 0.4) is 0 Å². The van der Waals surface area contributed by atoms with Gasteiger partial charge in [-0.2, -0.15) is 0 Å². The number of hydrazine groups is 1. The number of aromatic nitrogens is 2. The van der Waals surface area contributed by atoms with Crippen LogP contribution in [0.15, 0.2) is 47.3 Å². The fraction of sp³-hybridized carbons (Fsp3) is 0. The molecule has 7 nitrogen and oxygen atoms in total. The monoisotopic (exact) mass is 270 g/mol. The van der Waals surface area contributed by atoms with E-state index in [1.807, 2.05) is 0 Å². The maximum absolute atomic E-state index is 11.9. The lowest BCUT2D eigenvalue weighted by molar-refractivity contribution is 0.0831. The second-order valence-corrected chi connectivity index (χ2v) is 4.02. The molecule has 0 aliphatic carbocycles. The minimum Gasteiger partial charge on any atom is -0.459 e. The van der Waals surface area contributed by atoms with Crippen LogP contribution in [0.1, 0.15) is 20.9 Å². The Morgan fingerprint density at radius 1 is 1.15 bits per heavy atom. The van der Waals surface area contributed by atoms with Crippen molar-refractivity contribution in [2.24, 2.45) is 0 Å². The van der Waals surface area contributed by atoms with Crippen molar-refractivity contribution >= 4 is 22.8 Å².